The Morgan fingerprint density at radius 2 is 2.15 bits per heavy atom. The van der Waals surface area contributed by atoms with E-state index in [9.17, 15) is 14.4 Å². The number of nitrogens with zero attached hydrogens (tertiary/aromatic N) is 2. The predicted molar refractivity (Wildman–Crippen MR) is 103 cm³/mol. The highest BCUT2D eigenvalue weighted by Gasteiger charge is 2.14. The highest BCUT2D eigenvalue weighted by Crippen LogP contribution is 2.23. The number of amides is 1. The summed E-state index contributed by atoms with van der Waals surface area (Å²) in [5.41, 5.74) is 2.67. The van der Waals surface area contributed by atoms with Crippen LogP contribution in [0.4, 0.5) is 0 Å². The molecule has 0 saturated carbocycles. The molecular weight excluding hydrogens is 394 g/mol. The minimum absolute atomic E-state index is 0.0828. The Balaban J connectivity index is 1.65. The highest BCUT2D eigenvalue weighted by atomic mass is 32.2. The molecule has 2 aromatic heterocycles. The summed E-state index contributed by atoms with van der Waals surface area (Å²) in [5, 5.41) is 6.69. The Morgan fingerprint density at radius 3 is 2.88 bits per heavy atom. The first-order valence-corrected chi connectivity index (χ1v) is 10.4. The summed E-state index contributed by atoms with van der Waals surface area (Å²) in [6.07, 6.45) is 4.28. The van der Waals surface area contributed by atoms with Gasteiger partial charge in [-0.15, -0.1) is 22.7 Å². The Bertz CT molecular complexity index is 772. The van der Waals surface area contributed by atoms with Crippen LogP contribution in [0.1, 0.15) is 23.8 Å². The SMILES string of the molecule is CC(=O)SCC/C=C/COC(=O)CNC(=O)c1csc(-c2cscn2)n1. The van der Waals surface area contributed by atoms with Crippen molar-refractivity contribution in [1.29, 1.82) is 0 Å². The maximum atomic E-state index is 12.0. The zero-order valence-electron chi connectivity index (χ0n) is 14.0. The van der Waals surface area contributed by atoms with Crippen LogP contribution in [0.25, 0.3) is 10.7 Å². The molecule has 0 atom stereocenters. The average Bonchev–Trinajstić information content (AvgIpc) is 3.29. The molecule has 2 heterocycles. The van der Waals surface area contributed by atoms with Crippen molar-refractivity contribution in [1.82, 2.24) is 15.3 Å². The fourth-order valence-electron chi connectivity index (χ4n) is 1.71. The third-order valence-electron chi connectivity index (χ3n) is 2.88. The lowest BCUT2D eigenvalue weighted by molar-refractivity contribution is -0.141. The van der Waals surface area contributed by atoms with Gasteiger partial charge in [0.1, 0.15) is 29.5 Å². The van der Waals surface area contributed by atoms with E-state index in [-0.39, 0.29) is 24.0 Å². The lowest BCUT2D eigenvalue weighted by Gasteiger charge is -2.03. The van der Waals surface area contributed by atoms with E-state index >= 15 is 0 Å². The summed E-state index contributed by atoms with van der Waals surface area (Å²) in [7, 11) is 0. The van der Waals surface area contributed by atoms with Crippen molar-refractivity contribution in [2.75, 3.05) is 18.9 Å². The molecule has 0 radical (unpaired) electrons. The molecule has 0 aromatic carbocycles. The molecule has 0 spiro atoms. The first kappa shape index (κ1) is 20.3. The summed E-state index contributed by atoms with van der Waals surface area (Å²) in [6.45, 7) is 1.43. The smallest absolute Gasteiger partial charge is 0.325 e. The number of thiazole rings is 2. The number of hydrogen-bond donors (Lipinski definition) is 1. The minimum Gasteiger partial charge on any atom is -0.460 e. The van der Waals surface area contributed by atoms with Gasteiger partial charge in [-0.25, -0.2) is 9.97 Å². The highest BCUT2D eigenvalue weighted by molar-refractivity contribution is 8.13. The maximum absolute atomic E-state index is 12.0. The van der Waals surface area contributed by atoms with Crippen LogP contribution in [-0.2, 0) is 14.3 Å². The second-order valence-electron chi connectivity index (χ2n) is 4.88. The van der Waals surface area contributed by atoms with Gasteiger partial charge in [0, 0.05) is 23.4 Å². The van der Waals surface area contributed by atoms with Crippen molar-refractivity contribution in [2.45, 2.75) is 13.3 Å². The van der Waals surface area contributed by atoms with Crippen LogP contribution in [0.15, 0.2) is 28.4 Å². The number of ether oxygens (including phenoxy) is 1. The molecule has 0 bridgehead atoms. The fourth-order valence-corrected chi connectivity index (χ4v) is 3.62. The number of rotatable bonds is 9. The predicted octanol–water partition coefficient (Wildman–Crippen LogP) is 2.77. The minimum atomic E-state index is -0.531. The van der Waals surface area contributed by atoms with Gasteiger partial charge in [-0.05, 0) is 6.42 Å². The van der Waals surface area contributed by atoms with Gasteiger partial charge in [0.25, 0.3) is 5.91 Å². The van der Waals surface area contributed by atoms with Crippen molar-refractivity contribution in [3.05, 3.63) is 34.1 Å². The quantitative estimate of drug-likeness (QED) is 0.385. The molecule has 10 heteroatoms. The van der Waals surface area contributed by atoms with Crippen LogP contribution in [0.3, 0.4) is 0 Å². The fraction of sp³-hybridized carbons (Fsp3) is 0.312. The van der Waals surface area contributed by atoms with Gasteiger partial charge in [0.2, 0.25) is 0 Å². The number of allylic oxidation sites excluding steroid dienone is 1. The van der Waals surface area contributed by atoms with Gasteiger partial charge in [0.05, 0.1) is 5.51 Å². The Hall–Kier alpha value is -2.04. The van der Waals surface area contributed by atoms with E-state index in [0.29, 0.717) is 10.8 Å². The molecule has 1 amide bonds. The monoisotopic (exact) mass is 411 g/mol. The van der Waals surface area contributed by atoms with Gasteiger partial charge in [-0.3, -0.25) is 14.4 Å². The van der Waals surface area contributed by atoms with E-state index in [1.165, 1.54) is 41.4 Å². The Labute approximate surface area is 162 Å². The van der Waals surface area contributed by atoms with E-state index < -0.39 is 11.9 Å². The summed E-state index contributed by atoms with van der Waals surface area (Å²) >= 11 is 4.02. The molecule has 0 unspecified atom stereocenters. The molecule has 1 N–H and O–H groups in total. The molecule has 138 valence electrons. The number of esters is 1. The van der Waals surface area contributed by atoms with Gasteiger partial charge in [0.15, 0.2) is 5.12 Å². The van der Waals surface area contributed by atoms with E-state index in [1.54, 1.807) is 17.0 Å². The molecule has 26 heavy (non-hydrogen) atoms. The van der Waals surface area contributed by atoms with E-state index in [2.05, 4.69) is 15.3 Å². The molecule has 0 saturated heterocycles. The summed E-state index contributed by atoms with van der Waals surface area (Å²) in [4.78, 5) is 42.7. The largest absolute Gasteiger partial charge is 0.460 e. The van der Waals surface area contributed by atoms with Crippen molar-refractivity contribution < 1.29 is 19.1 Å². The third-order valence-corrected chi connectivity index (χ3v) is 5.18. The van der Waals surface area contributed by atoms with Crippen LogP contribution >= 0.6 is 34.4 Å². The first-order chi connectivity index (χ1) is 12.6. The van der Waals surface area contributed by atoms with Crippen molar-refractivity contribution in [2.24, 2.45) is 0 Å². The van der Waals surface area contributed by atoms with Crippen molar-refractivity contribution in [3.63, 3.8) is 0 Å². The molecule has 2 aromatic rings. The van der Waals surface area contributed by atoms with Crippen molar-refractivity contribution >= 4 is 51.4 Å². The van der Waals surface area contributed by atoms with Gasteiger partial charge in [-0.1, -0.05) is 23.9 Å². The zero-order valence-corrected chi connectivity index (χ0v) is 16.4. The molecular formula is C16H17N3O4S3. The van der Waals surface area contributed by atoms with Crippen molar-refractivity contribution in [3.8, 4) is 10.7 Å². The van der Waals surface area contributed by atoms with Crippen LogP contribution in [0.5, 0.6) is 0 Å². The molecule has 0 aliphatic carbocycles. The normalized spacial score (nSPS) is 10.8. The second kappa shape index (κ2) is 10.8. The van der Waals surface area contributed by atoms with E-state index in [1.807, 2.05) is 11.5 Å². The third kappa shape index (κ3) is 7.06. The summed E-state index contributed by atoms with van der Waals surface area (Å²) in [5.74, 6) is -0.264. The number of carbonyl (C=O) groups excluding carboxylic acids is 3. The van der Waals surface area contributed by atoms with Crippen LogP contribution in [-0.4, -0.2) is 45.9 Å². The Kier molecular flexibility index (Phi) is 8.45. The summed E-state index contributed by atoms with van der Waals surface area (Å²) < 4.78 is 4.98. The van der Waals surface area contributed by atoms with Gasteiger partial charge < -0.3 is 10.1 Å². The van der Waals surface area contributed by atoms with Gasteiger partial charge in [-0.2, -0.15) is 0 Å². The molecule has 0 aliphatic rings. The van der Waals surface area contributed by atoms with Crippen LogP contribution in [0.2, 0.25) is 0 Å². The van der Waals surface area contributed by atoms with E-state index in [4.69, 9.17) is 4.74 Å². The topological polar surface area (TPSA) is 98.2 Å². The van der Waals surface area contributed by atoms with Gasteiger partial charge >= 0.3 is 5.97 Å². The standard InChI is InChI=1S/C16H17N3O4S3/c1-11(20)25-6-4-2-3-5-23-14(21)7-17-15(22)12-9-26-16(19-12)13-8-24-10-18-13/h2-3,8-10H,4-7H2,1H3,(H,17,22)/b3-2+. The molecule has 0 fully saturated rings. The molecule has 2 rings (SSSR count). The average molecular weight is 412 g/mol. The van der Waals surface area contributed by atoms with E-state index in [0.717, 1.165) is 12.1 Å². The lowest BCUT2D eigenvalue weighted by Crippen LogP contribution is -2.30. The van der Waals surface area contributed by atoms with Crippen LogP contribution in [0, 0.1) is 0 Å². The molecule has 0 aliphatic heterocycles. The summed E-state index contributed by atoms with van der Waals surface area (Å²) in [6, 6.07) is 0. The number of thioether (sulfide) groups is 1. The lowest BCUT2D eigenvalue weighted by atomic mass is 10.4. The number of aromatic nitrogens is 2. The first-order valence-electron chi connectivity index (χ1n) is 7.62. The zero-order chi connectivity index (χ0) is 18.8. The number of hydrogen-bond acceptors (Lipinski definition) is 9. The second-order valence-corrected chi connectivity index (χ2v) is 7.73. The Morgan fingerprint density at radius 1 is 1.31 bits per heavy atom. The van der Waals surface area contributed by atoms with Crippen LogP contribution < -0.4 is 5.32 Å². The maximum Gasteiger partial charge on any atom is 0.325 e. The number of nitrogens with one attached hydrogen (secondary N) is 1. The number of carbonyl (C=O) groups is 3. The molecule has 7 nitrogen and oxygen atoms in total.